The van der Waals surface area contributed by atoms with Gasteiger partial charge in [-0.2, -0.15) is 0 Å². The number of carbonyl (C=O) groups excluding carboxylic acids is 2. The number of anilines is 1. The van der Waals surface area contributed by atoms with Crippen molar-refractivity contribution >= 4 is 44.1 Å². The van der Waals surface area contributed by atoms with E-state index in [0.717, 1.165) is 15.8 Å². The largest absolute Gasteiger partial charge is 0.508 e. The van der Waals surface area contributed by atoms with E-state index in [1.807, 2.05) is 26.0 Å². The van der Waals surface area contributed by atoms with Gasteiger partial charge in [0.15, 0.2) is 5.13 Å². The number of hydrogen-bond acceptors (Lipinski definition) is 7. The molecule has 0 saturated carbocycles. The maximum Gasteiger partial charge on any atom is 0.301 e. The fourth-order valence-corrected chi connectivity index (χ4v) is 5.19. The highest BCUT2D eigenvalue weighted by Gasteiger charge is 2.48. The molecule has 0 radical (unpaired) electrons. The van der Waals surface area contributed by atoms with Gasteiger partial charge in [0.05, 0.1) is 28.9 Å². The van der Waals surface area contributed by atoms with Gasteiger partial charge in [-0.3, -0.25) is 14.5 Å². The fraction of sp³-hybridized carbons (Fsp3) is 0.148. The zero-order valence-corrected chi connectivity index (χ0v) is 20.1. The number of aromatic hydroxyl groups is 1. The van der Waals surface area contributed by atoms with E-state index >= 15 is 0 Å². The summed E-state index contributed by atoms with van der Waals surface area (Å²) in [6.07, 6.45) is 0. The van der Waals surface area contributed by atoms with Crippen molar-refractivity contribution in [1.29, 1.82) is 0 Å². The first-order valence-corrected chi connectivity index (χ1v) is 11.7. The van der Waals surface area contributed by atoms with Crippen LogP contribution in [0.15, 0.2) is 66.2 Å². The van der Waals surface area contributed by atoms with Crippen LogP contribution in [0.25, 0.3) is 16.0 Å². The van der Waals surface area contributed by atoms with Gasteiger partial charge in [0.1, 0.15) is 17.3 Å². The SMILES string of the molecule is COc1ccc2nc(N3C(=O)C(=O)/C(=C(/O)c4ccc(C)c(C)c4)C3c3ccc(O)cc3)sc2c1. The summed E-state index contributed by atoms with van der Waals surface area (Å²) in [5.74, 6) is -1.13. The van der Waals surface area contributed by atoms with E-state index < -0.39 is 17.7 Å². The van der Waals surface area contributed by atoms with Crippen LogP contribution in [0.2, 0.25) is 0 Å². The molecule has 1 aliphatic heterocycles. The molecular weight excluding hydrogens is 464 g/mol. The summed E-state index contributed by atoms with van der Waals surface area (Å²) in [4.78, 5) is 32.6. The number of aliphatic hydroxyl groups is 1. The molecule has 8 heteroatoms. The number of nitrogens with zero attached hydrogens (tertiary/aromatic N) is 2. The number of methoxy groups -OCH3 is 1. The van der Waals surface area contributed by atoms with Gasteiger partial charge in [-0.25, -0.2) is 4.98 Å². The van der Waals surface area contributed by atoms with E-state index in [0.29, 0.717) is 27.5 Å². The molecule has 3 aromatic carbocycles. The van der Waals surface area contributed by atoms with Gasteiger partial charge in [0, 0.05) is 5.56 Å². The van der Waals surface area contributed by atoms with Crippen molar-refractivity contribution in [1.82, 2.24) is 4.98 Å². The molecule has 35 heavy (non-hydrogen) atoms. The smallest absolute Gasteiger partial charge is 0.301 e. The Bertz CT molecular complexity index is 1520. The molecule has 1 saturated heterocycles. The Balaban J connectivity index is 1.72. The van der Waals surface area contributed by atoms with Gasteiger partial charge in [-0.05, 0) is 66.9 Å². The lowest BCUT2D eigenvalue weighted by atomic mass is 9.94. The van der Waals surface area contributed by atoms with Crippen LogP contribution in [0.3, 0.4) is 0 Å². The number of amides is 1. The molecule has 1 atom stereocenters. The zero-order chi connectivity index (χ0) is 24.9. The Labute approximate surface area is 205 Å². The molecule has 7 nitrogen and oxygen atoms in total. The molecule has 1 aromatic heterocycles. The molecule has 1 unspecified atom stereocenters. The standard InChI is InChI=1S/C27H22N2O5S/c1-14-4-5-17(12-15(14)2)24(31)22-23(16-6-8-18(30)9-7-16)29(26(33)25(22)32)27-28-20-11-10-19(34-3)13-21(20)35-27/h4-13,23,30-31H,1-3H3/b24-22+. The van der Waals surface area contributed by atoms with Crippen molar-refractivity contribution in [3.63, 3.8) is 0 Å². The van der Waals surface area contributed by atoms with Crippen LogP contribution < -0.4 is 9.64 Å². The highest BCUT2D eigenvalue weighted by Crippen LogP contribution is 2.45. The van der Waals surface area contributed by atoms with Crippen LogP contribution in [0.5, 0.6) is 11.5 Å². The molecule has 0 bridgehead atoms. The number of phenols is 1. The normalized spacial score (nSPS) is 17.3. The second-order valence-corrected chi connectivity index (χ2v) is 9.40. The average Bonchev–Trinajstić information content (AvgIpc) is 3.38. The Morgan fingerprint density at radius 1 is 1.00 bits per heavy atom. The van der Waals surface area contributed by atoms with Crippen molar-refractivity contribution in [3.8, 4) is 11.5 Å². The number of Topliss-reactive ketones (excluding diaryl/α,β-unsaturated/α-hetero) is 1. The summed E-state index contributed by atoms with van der Waals surface area (Å²) < 4.78 is 6.08. The topological polar surface area (TPSA) is 100.0 Å². The van der Waals surface area contributed by atoms with Crippen molar-refractivity contribution < 1.29 is 24.5 Å². The third kappa shape index (κ3) is 3.81. The predicted octanol–water partition coefficient (Wildman–Crippen LogP) is 5.25. The minimum absolute atomic E-state index is 0.0271. The van der Waals surface area contributed by atoms with Gasteiger partial charge >= 0.3 is 5.91 Å². The summed E-state index contributed by atoms with van der Waals surface area (Å²) >= 11 is 1.25. The summed E-state index contributed by atoms with van der Waals surface area (Å²) in [6.45, 7) is 3.87. The van der Waals surface area contributed by atoms with Gasteiger partial charge in [-0.15, -0.1) is 0 Å². The highest BCUT2D eigenvalue weighted by molar-refractivity contribution is 7.22. The lowest BCUT2D eigenvalue weighted by molar-refractivity contribution is -0.132. The summed E-state index contributed by atoms with van der Waals surface area (Å²) in [7, 11) is 1.57. The number of aryl methyl sites for hydroxylation is 2. The number of rotatable bonds is 4. The van der Waals surface area contributed by atoms with E-state index in [1.54, 1.807) is 43.5 Å². The Kier molecular flexibility index (Phi) is 5.53. The monoisotopic (exact) mass is 486 g/mol. The van der Waals surface area contributed by atoms with E-state index in [-0.39, 0.29) is 17.1 Å². The molecule has 5 rings (SSSR count). The van der Waals surface area contributed by atoms with Crippen molar-refractivity contribution in [2.45, 2.75) is 19.9 Å². The molecule has 1 fully saturated rings. The molecule has 4 aromatic rings. The van der Waals surface area contributed by atoms with E-state index in [4.69, 9.17) is 4.74 Å². The molecule has 1 amide bonds. The zero-order valence-electron chi connectivity index (χ0n) is 19.3. The minimum Gasteiger partial charge on any atom is -0.508 e. The van der Waals surface area contributed by atoms with Crippen molar-refractivity contribution in [3.05, 3.63) is 88.5 Å². The minimum atomic E-state index is -0.917. The number of hydrogen-bond donors (Lipinski definition) is 2. The number of fused-ring (bicyclic) bond motifs is 1. The number of ketones is 1. The third-order valence-electron chi connectivity index (χ3n) is 6.22. The fourth-order valence-electron chi connectivity index (χ4n) is 4.17. The first kappa shape index (κ1) is 22.6. The molecule has 2 heterocycles. The van der Waals surface area contributed by atoms with Crippen LogP contribution >= 0.6 is 11.3 Å². The summed E-state index contributed by atoms with van der Waals surface area (Å²) in [5.41, 5.74) is 3.63. The van der Waals surface area contributed by atoms with Gasteiger partial charge < -0.3 is 14.9 Å². The van der Waals surface area contributed by atoms with Gasteiger partial charge in [0.2, 0.25) is 0 Å². The number of aromatic nitrogens is 1. The molecule has 0 spiro atoms. The van der Waals surface area contributed by atoms with E-state index in [9.17, 15) is 19.8 Å². The summed E-state index contributed by atoms with van der Waals surface area (Å²) in [6, 6.07) is 16.1. The quantitative estimate of drug-likeness (QED) is 0.232. The van der Waals surface area contributed by atoms with E-state index in [1.165, 1.54) is 28.4 Å². The van der Waals surface area contributed by atoms with Crippen LogP contribution in [-0.2, 0) is 9.59 Å². The molecule has 176 valence electrons. The van der Waals surface area contributed by atoms with Gasteiger partial charge in [-0.1, -0.05) is 35.6 Å². The number of ether oxygens (including phenoxy) is 1. The second kappa shape index (κ2) is 8.56. The number of aliphatic hydroxyl groups excluding tert-OH is 1. The number of thiazole rings is 1. The maximum atomic E-state index is 13.3. The predicted molar refractivity (Wildman–Crippen MR) is 135 cm³/mol. The van der Waals surface area contributed by atoms with Crippen molar-refractivity contribution in [2.75, 3.05) is 12.0 Å². The Morgan fingerprint density at radius 3 is 2.43 bits per heavy atom. The van der Waals surface area contributed by atoms with Crippen molar-refractivity contribution in [2.24, 2.45) is 0 Å². The van der Waals surface area contributed by atoms with E-state index in [2.05, 4.69) is 4.98 Å². The van der Waals surface area contributed by atoms with Crippen LogP contribution in [0, 0.1) is 13.8 Å². The Morgan fingerprint density at radius 2 is 1.74 bits per heavy atom. The summed E-state index contributed by atoms with van der Waals surface area (Å²) in [5, 5.41) is 21.4. The maximum absolute atomic E-state index is 13.3. The van der Waals surface area contributed by atoms with Crippen LogP contribution in [0.4, 0.5) is 5.13 Å². The third-order valence-corrected chi connectivity index (χ3v) is 7.24. The molecular formula is C27H22N2O5S. The second-order valence-electron chi connectivity index (χ2n) is 8.39. The number of carbonyl (C=O) groups is 2. The first-order valence-electron chi connectivity index (χ1n) is 10.9. The van der Waals surface area contributed by atoms with Gasteiger partial charge in [0.25, 0.3) is 5.78 Å². The first-order chi connectivity index (χ1) is 16.8. The highest BCUT2D eigenvalue weighted by atomic mass is 32.1. The number of benzene rings is 3. The molecule has 0 aliphatic carbocycles. The Hall–Kier alpha value is -4.17. The lowest BCUT2D eigenvalue weighted by Crippen LogP contribution is -2.29. The van der Waals surface area contributed by atoms with Crippen LogP contribution in [-0.4, -0.2) is 34.0 Å². The molecule has 2 N–H and O–H groups in total. The lowest BCUT2D eigenvalue weighted by Gasteiger charge is -2.23. The average molecular weight is 487 g/mol. The number of phenolic OH excluding ortho intramolecular Hbond substituents is 1. The van der Waals surface area contributed by atoms with Crippen LogP contribution in [0.1, 0.15) is 28.3 Å². The molecule has 1 aliphatic rings.